The third-order valence-corrected chi connectivity index (χ3v) is 6.90. The van der Waals surface area contributed by atoms with Crippen LogP contribution in [0.1, 0.15) is 54.5 Å². The Morgan fingerprint density at radius 3 is 2.33 bits per heavy atom. The second-order valence-corrected chi connectivity index (χ2v) is 9.75. The zero-order valence-corrected chi connectivity index (χ0v) is 21.7. The molecule has 1 aliphatic rings. The topological polar surface area (TPSA) is 69.6 Å². The van der Waals surface area contributed by atoms with E-state index < -0.39 is 5.82 Å². The second kappa shape index (κ2) is 10.7. The number of hydrogen-bond acceptors (Lipinski definition) is 5. The summed E-state index contributed by atoms with van der Waals surface area (Å²) in [6.45, 7) is 12.3. The van der Waals surface area contributed by atoms with Gasteiger partial charge in [-0.15, -0.1) is 0 Å². The summed E-state index contributed by atoms with van der Waals surface area (Å²) in [6.07, 6.45) is 0.754. The first-order valence-corrected chi connectivity index (χ1v) is 12.5. The van der Waals surface area contributed by atoms with E-state index in [1.165, 1.54) is 19.1 Å². The van der Waals surface area contributed by atoms with Crippen LogP contribution in [-0.2, 0) is 11.3 Å². The summed E-state index contributed by atoms with van der Waals surface area (Å²) >= 11 is 0. The van der Waals surface area contributed by atoms with E-state index in [2.05, 4.69) is 28.7 Å². The van der Waals surface area contributed by atoms with Crippen LogP contribution in [-0.4, -0.2) is 63.8 Å². The van der Waals surface area contributed by atoms with E-state index in [1.807, 2.05) is 19.9 Å². The summed E-state index contributed by atoms with van der Waals surface area (Å²) < 4.78 is 14.3. The minimum Gasteiger partial charge on any atom is -0.333 e. The van der Waals surface area contributed by atoms with Crippen LogP contribution in [0.4, 0.5) is 10.1 Å². The van der Waals surface area contributed by atoms with E-state index in [0.29, 0.717) is 36.4 Å². The standard InChI is InChI=1S/C28H34FN5O2/c1-18(2)32-11-6-12-34(21(5)35)27-16-24(29)9-7-23(27)17-33(14-13-32)28(36)22-8-10-25-26(15-22)31-20(4)19(3)30-25/h7-10,15-16,18H,6,11-14,17H2,1-5H3. The number of halogens is 1. The Bertz CT molecular complexity index is 1290. The van der Waals surface area contributed by atoms with E-state index in [4.69, 9.17) is 0 Å². The van der Waals surface area contributed by atoms with Crippen LogP contribution in [0.15, 0.2) is 36.4 Å². The van der Waals surface area contributed by atoms with Crippen molar-refractivity contribution >= 4 is 28.5 Å². The van der Waals surface area contributed by atoms with Crippen LogP contribution < -0.4 is 4.90 Å². The molecule has 0 saturated carbocycles. The predicted molar refractivity (Wildman–Crippen MR) is 140 cm³/mol. The molecule has 0 bridgehead atoms. The second-order valence-electron chi connectivity index (χ2n) is 9.75. The normalized spacial score (nSPS) is 15.6. The minimum absolute atomic E-state index is 0.135. The monoisotopic (exact) mass is 491 g/mol. The SMILES string of the molecule is CC(=O)N1CCCN(C(C)C)CCN(C(=O)c2ccc3nc(C)c(C)nc3c2)Cc2ccc(F)cc21. The Morgan fingerprint density at radius 2 is 1.64 bits per heavy atom. The Balaban J connectivity index is 1.75. The fourth-order valence-corrected chi connectivity index (χ4v) is 4.68. The molecule has 2 heterocycles. The summed E-state index contributed by atoms with van der Waals surface area (Å²) in [5, 5.41) is 0. The van der Waals surface area contributed by atoms with E-state index >= 15 is 0 Å². The number of aryl methyl sites for hydroxylation is 2. The fourth-order valence-electron chi connectivity index (χ4n) is 4.68. The van der Waals surface area contributed by atoms with Crippen LogP contribution in [0.25, 0.3) is 11.0 Å². The van der Waals surface area contributed by atoms with Crippen molar-refractivity contribution in [3.05, 3.63) is 64.7 Å². The van der Waals surface area contributed by atoms with Crippen molar-refractivity contribution in [3.63, 3.8) is 0 Å². The van der Waals surface area contributed by atoms with Crippen molar-refractivity contribution in [1.29, 1.82) is 0 Å². The third kappa shape index (κ3) is 5.54. The average Bonchev–Trinajstić information content (AvgIpc) is 2.86. The number of carbonyl (C=O) groups excluding carboxylic acids is 2. The number of nitrogens with zero attached hydrogens (tertiary/aromatic N) is 5. The highest BCUT2D eigenvalue weighted by atomic mass is 19.1. The molecule has 1 aromatic heterocycles. The number of amides is 2. The first kappa shape index (κ1) is 25.7. The van der Waals surface area contributed by atoms with E-state index in [1.54, 1.807) is 28.0 Å². The van der Waals surface area contributed by atoms with Gasteiger partial charge in [0.2, 0.25) is 5.91 Å². The van der Waals surface area contributed by atoms with Crippen molar-refractivity contribution in [2.45, 2.75) is 53.6 Å². The number of carbonyl (C=O) groups is 2. The Labute approximate surface area is 211 Å². The minimum atomic E-state index is -0.407. The van der Waals surface area contributed by atoms with Gasteiger partial charge in [-0.05, 0) is 70.0 Å². The number of fused-ring (bicyclic) bond motifs is 2. The molecule has 4 rings (SSSR count). The summed E-state index contributed by atoms with van der Waals surface area (Å²) in [5.74, 6) is -0.686. The quantitative estimate of drug-likeness (QED) is 0.528. The number of rotatable bonds is 2. The summed E-state index contributed by atoms with van der Waals surface area (Å²) in [5.41, 5.74) is 4.90. The summed E-state index contributed by atoms with van der Waals surface area (Å²) in [4.78, 5) is 41.3. The molecule has 2 amide bonds. The van der Waals surface area contributed by atoms with Gasteiger partial charge in [0.05, 0.1) is 28.1 Å². The van der Waals surface area contributed by atoms with Crippen LogP contribution in [0.5, 0.6) is 0 Å². The van der Waals surface area contributed by atoms with Gasteiger partial charge < -0.3 is 9.80 Å². The zero-order valence-electron chi connectivity index (χ0n) is 21.7. The van der Waals surface area contributed by atoms with Crippen LogP contribution in [0, 0.1) is 19.7 Å². The molecular formula is C28H34FN5O2. The van der Waals surface area contributed by atoms with Crippen molar-refractivity contribution < 1.29 is 14.0 Å². The molecule has 0 radical (unpaired) electrons. The van der Waals surface area contributed by atoms with Gasteiger partial charge in [0.25, 0.3) is 5.91 Å². The molecule has 0 N–H and O–H groups in total. The molecule has 0 unspecified atom stereocenters. The first-order chi connectivity index (χ1) is 17.1. The van der Waals surface area contributed by atoms with Gasteiger partial charge in [-0.3, -0.25) is 14.5 Å². The fraction of sp³-hybridized carbons (Fsp3) is 0.429. The lowest BCUT2D eigenvalue weighted by Crippen LogP contribution is -2.41. The molecule has 0 saturated heterocycles. The molecule has 2 aromatic carbocycles. The van der Waals surface area contributed by atoms with Crippen molar-refractivity contribution in [3.8, 4) is 0 Å². The largest absolute Gasteiger partial charge is 0.333 e. The molecule has 0 aliphatic carbocycles. The maximum Gasteiger partial charge on any atom is 0.254 e. The lowest BCUT2D eigenvalue weighted by molar-refractivity contribution is -0.116. The van der Waals surface area contributed by atoms with E-state index in [0.717, 1.165) is 35.4 Å². The van der Waals surface area contributed by atoms with Gasteiger partial charge in [0, 0.05) is 51.3 Å². The summed E-state index contributed by atoms with van der Waals surface area (Å²) in [7, 11) is 0. The number of benzene rings is 2. The van der Waals surface area contributed by atoms with Crippen LogP contribution in [0.2, 0.25) is 0 Å². The Morgan fingerprint density at radius 1 is 0.917 bits per heavy atom. The third-order valence-electron chi connectivity index (χ3n) is 6.90. The number of hydrogen-bond donors (Lipinski definition) is 0. The Kier molecular flexibility index (Phi) is 7.64. The molecule has 1 aliphatic heterocycles. The number of aromatic nitrogens is 2. The smallest absolute Gasteiger partial charge is 0.254 e. The van der Waals surface area contributed by atoms with Gasteiger partial charge in [-0.1, -0.05) is 6.07 Å². The van der Waals surface area contributed by atoms with E-state index in [-0.39, 0.29) is 24.4 Å². The van der Waals surface area contributed by atoms with Crippen LogP contribution >= 0.6 is 0 Å². The first-order valence-electron chi connectivity index (χ1n) is 12.5. The van der Waals surface area contributed by atoms with E-state index in [9.17, 15) is 14.0 Å². The molecule has 0 spiro atoms. The average molecular weight is 492 g/mol. The van der Waals surface area contributed by atoms with Gasteiger partial charge in [0.15, 0.2) is 0 Å². The lowest BCUT2D eigenvalue weighted by atomic mass is 10.1. The molecule has 190 valence electrons. The Hall–Kier alpha value is -3.39. The molecule has 0 fully saturated rings. The highest BCUT2D eigenvalue weighted by Gasteiger charge is 2.24. The van der Waals surface area contributed by atoms with Gasteiger partial charge in [-0.2, -0.15) is 0 Å². The van der Waals surface area contributed by atoms with Gasteiger partial charge in [0.1, 0.15) is 5.82 Å². The van der Waals surface area contributed by atoms with Crippen molar-refractivity contribution in [2.75, 3.05) is 31.1 Å². The molecule has 0 atom stereocenters. The highest BCUT2D eigenvalue weighted by molar-refractivity contribution is 5.97. The van der Waals surface area contributed by atoms with Crippen molar-refractivity contribution in [2.24, 2.45) is 0 Å². The predicted octanol–water partition coefficient (Wildman–Crippen LogP) is 4.50. The highest BCUT2D eigenvalue weighted by Crippen LogP contribution is 2.26. The van der Waals surface area contributed by atoms with Gasteiger partial charge >= 0.3 is 0 Å². The zero-order chi connectivity index (χ0) is 26.0. The lowest BCUT2D eigenvalue weighted by Gasteiger charge is -2.30. The number of anilines is 1. The maximum atomic E-state index is 14.3. The summed E-state index contributed by atoms with van der Waals surface area (Å²) in [6, 6.07) is 10.1. The van der Waals surface area contributed by atoms with Crippen LogP contribution in [0.3, 0.4) is 0 Å². The molecule has 8 heteroatoms. The molecule has 7 nitrogen and oxygen atoms in total. The molecule has 36 heavy (non-hydrogen) atoms. The van der Waals surface area contributed by atoms with Gasteiger partial charge in [-0.25, -0.2) is 14.4 Å². The maximum absolute atomic E-state index is 14.3. The molecule has 3 aromatic rings. The molecular weight excluding hydrogens is 457 g/mol. The van der Waals surface area contributed by atoms with Crippen molar-refractivity contribution in [1.82, 2.24) is 19.8 Å².